The molecule has 0 unspecified atom stereocenters. The Balaban J connectivity index is 2.08. The van der Waals surface area contributed by atoms with E-state index in [1.807, 2.05) is 0 Å². The lowest BCUT2D eigenvalue weighted by Crippen LogP contribution is -2.23. The number of rotatable bonds is 3. The maximum Gasteiger partial charge on any atom is 0.271 e. The molecule has 6 nitrogen and oxygen atoms in total. The number of aromatic nitrogens is 2. The first-order valence-corrected chi connectivity index (χ1v) is 6.14. The van der Waals surface area contributed by atoms with Gasteiger partial charge in [0.1, 0.15) is 5.78 Å². The minimum atomic E-state index is -0.608. The highest BCUT2D eigenvalue weighted by molar-refractivity contribution is 5.95. The van der Waals surface area contributed by atoms with Crippen molar-refractivity contribution in [3.05, 3.63) is 11.9 Å². The lowest BCUT2D eigenvalue weighted by molar-refractivity contribution is -0.121. The SMILES string of the molecule is CC(=O)[C@H]1CC[C@H](n2cc(N)c(C(N)=O)n2)CC1. The molecule has 0 saturated heterocycles. The van der Waals surface area contributed by atoms with Gasteiger partial charge in [-0.1, -0.05) is 0 Å². The van der Waals surface area contributed by atoms with Gasteiger partial charge in [0, 0.05) is 12.1 Å². The summed E-state index contributed by atoms with van der Waals surface area (Å²) in [6.07, 6.45) is 5.14. The number of primary amides is 1. The molecule has 1 saturated carbocycles. The minimum absolute atomic E-state index is 0.128. The van der Waals surface area contributed by atoms with Gasteiger partial charge < -0.3 is 11.5 Å². The number of carbonyl (C=O) groups excluding carboxylic acids is 2. The zero-order valence-corrected chi connectivity index (χ0v) is 10.4. The van der Waals surface area contributed by atoms with Gasteiger partial charge in [-0.3, -0.25) is 14.3 Å². The quantitative estimate of drug-likeness (QED) is 0.831. The number of ketones is 1. The van der Waals surface area contributed by atoms with Crippen LogP contribution >= 0.6 is 0 Å². The molecule has 4 N–H and O–H groups in total. The number of amides is 1. The van der Waals surface area contributed by atoms with Gasteiger partial charge in [-0.2, -0.15) is 5.10 Å². The molecule has 0 spiro atoms. The first-order valence-electron chi connectivity index (χ1n) is 6.14. The molecule has 2 rings (SSSR count). The molecule has 1 aliphatic rings. The fourth-order valence-corrected chi connectivity index (χ4v) is 2.53. The number of nitrogens with two attached hydrogens (primary N) is 2. The molecule has 0 bridgehead atoms. The molecule has 98 valence electrons. The Hall–Kier alpha value is -1.85. The van der Waals surface area contributed by atoms with E-state index in [9.17, 15) is 9.59 Å². The molecule has 1 fully saturated rings. The van der Waals surface area contributed by atoms with Crippen molar-refractivity contribution in [2.75, 3.05) is 5.73 Å². The van der Waals surface area contributed by atoms with Crippen LogP contribution in [-0.2, 0) is 4.79 Å². The summed E-state index contributed by atoms with van der Waals surface area (Å²) < 4.78 is 1.71. The molecule has 6 heteroatoms. The second kappa shape index (κ2) is 4.80. The van der Waals surface area contributed by atoms with Crippen molar-refractivity contribution >= 4 is 17.4 Å². The average Bonchev–Trinajstić information content (AvgIpc) is 2.71. The Morgan fingerprint density at radius 2 is 1.94 bits per heavy atom. The van der Waals surface area contributed by atoms with Gasteiger partial charge in [0.15, 0.2) is 5.69 Å². The summed E-state index contributed by atoms with van der Waals surface area (Å²) in [5.41, 5.74) is 11.3. The summed E-state index contributed by atoms with van der Waals surface area (Å²) in [5, 5.41) is 4.14. The van der Waals surface area contributed by atoms with Crippen LogP contribution in [-0.4, -0.2) is 21.5 Å². The van der Waals surface area contributed by atoms with Crippen molar-refractivity contribution in [1.29, 1.82) is 0 Å². The van der Waals surface area contributed by atoms with E-state index in [0.717, 1.165) is 25.7 Å². The van der Waals surface area contributed by atoms with Crippen LogP contribution in [0.2, 0.25) is 0 Å². The third-order valence-electron chi connectivity index (χ3n) is 3.64. The Labute approximate surface area is 105 Å². The third kappa shape index (κ3) is 2.37. The number of nitrogen functional groups attached to an aromatic ring is 1. The monoisotopic (exact) mass is 250 g/mol. The van der Waals surface area contributed by atoms with Gasteiger partial charge >= 0.3 is 0 Å². The summed E-state index contributed by atoms with van der Waals surface area (Å²) in [7, 11) is 0. The number of hydrogen-bond donors (Lipinski definition) is 2. The van der Waals surface area contributed by atoms with Crippen LogP contribution < -0.4 is 11.5 Å². The molecule has 1 amide bonds. The summed E-state index contributed by atoms with van der Waals surface area (Å²) >= 11 is 0. The van der Waals surface area contributed by atoms with Gasteiger partial charge in [-0.25, -0.2) is 0 Å². The normalized spacial score (nSPS) is 23.8. The summed E-state index contributed by atoms with van der Waals surface area (Å²) in [6, 6.07) is 0.205. The van der Waals surface area contributed by atoms with Crippen molar-refractivity contribution in [3.63, 3.8) is 0 Å². The molecule has 1 heterocycles. The molecular weight excluding hydrogens is 232 g/mol. The topological polar surface area (TPSA) is 104 Å². The highest BCUT2D eigenvalue weighted by Crippen LogP contribution is 2.32. The third-order valence-corrected chi connectivity index (χ3v) is 3.64. The van der Waals surface area contributed by atoms with Crippen molar-refractivity contribution in [1.82, 2.24) is 9.78 Å². The molecule has 1 aliphatic carbocycles. The van der Waals surface area contributed by atoms with E-state index in [4.69, 9.17) is 11.5 Å². The maximum absolute atomic E-state index is 11.3. The van der Waals surface area contributed by atoms with Crippen molar-refractivity contribution < 1.29 is 9.59 Å². The van der Waals surface area contributed by atoms with Crippen molar-refractivity contribution in [2.24, 2.45) is 11.7 Å². The number of anilines is 1. The number of carbonyl (C=O) groups is 2. The minimum Gasteiger partial charge on any atom is -0.396 e. The summed E-state index contributed by atoms with van der Waals surface area (Å²) in [5.74, 6) is -0.181. The van der Waals surface area contributed by atoms with E-state index < -0.39 is 5.91 Å². The fraction of sp³-hybridized carbons (Fsp3) is 0.583. The van der Waals surface area contributed by atoms with Crippen LogP contribution in [0.25, 0.3) is 0 Å². The van der Waals surface area contributed by atoms with Gasteiger partial charge in [-0.05, 0) is 32.6 Å². The Kier molecular flexibility index (Phi) is 3.36. The maximum atomic E-state index is 11.3. The zero-order chi connectivity index (χ0) is 13.3. The number of nitrogens with zero attached hydrogens (tertiary/aromatic N) is 2. The Morgan fingerprint density at radius 1 is 1.33 bits per heavy atom. The van der Waals surface area contributed by atoms with Gasteiger partial charge in [-0.15, -0.1) is 0 Å². The molecule has 18 heavy (non-hydrogen) atoms. The Morgan fingerprint density at radius 3 is 2.39 bits per heavy atom. The molecule has 0 aromatic carbocycles. The van der Waals surface area contributed by atoms with E-state index >= 15 is 0 Å². The summed E-state index contributed by atoms with van der Waals surface area (Å²) in [6.45, 7) is 1.64. The van der Waals surface area contributed by atoms with Crippen LogP contribution in [0, 0.1) is 5.92 Å². The van der Waals surface area contributed by atoms with Gasteiger partial charge in [0.25, 0.3) is 5.91 Å². The molecule has 0 aliphatic heterocycles. The molecular formula is C12H18N4O2. The van der Waals surface area contributed by atoms with E-state index in [1.165, 1.54) is 0 Å². The van der Waals surface area contributed by atoms with Crippen LogP contribution in [0.5, 0.6) is 0 Å². The van der Waals surface area contributed by atoms with Crippen LogP contribution in [0.15, 0.2) is 6.20 Å². The number of hydrogen-bond acceptors (Lipinski definition) is 4. The second-order valence-corrected chi connectivity index (χ2v) is 4.89. The predicted octanol–water partition coefficient (Wildman–Crippen LogP) is 0.884. The van der Waals surface area contributed by atoms with E-state index in [2.05, 4.69) is 5.10 Å². The number of Topliss-reactive ketones (excluding diaryl/α,β-unsaturated/α-hetero) is 1. The second-order valence-electron chi connectivity index (χ2n) is 4.89. The van der Waals surface area contributed by atoms with Gasteiger partial charge in [0.05, 0.1) is 11.7 Å². The first kappa shape index (κ1) is 12.6. The van der Waals surface area contributed by atoms with Gasteiger partial charge in [0.2, 0.25) is 0 Å². The highest BCUT2D eigenvalue weighted by atomic mass is 16.1. The lowest BCUT2D eigenvalue weighted by Gasteiger charge is -2.27. The van der Waals surface area contributed by atoms with E-state index in [-0.39, 0.29) is 23.4 Å². The van der Waals surface area contributed by atoms with Crippen LogP contribution in [0.4, 0.5) is 5.69 Å². The van der Waals surface area contributed by atoms with Crippen LogP contribution in [0.3, 0.4) is 0 Å². The smallest absolute Gasteiger partial charge is 0.271 e. The average molecular weight is 250 g/mol. The molecule has 1 aromatic rings. The fourth-order valence-electron chi connectivity index (χ4n) is 2.53. The highest BCUT2D eigenvalue weighted by Gasteiger charge is 2.26. The lowest BCUT2D eigenvalue weighted by atomic mass is 9.84. The van der Waals surface area contributed by atoms with Crippen molar-refractivity contribution in [2.45, 2.75) is 38.6 Å². The zero-order valence-electron chi connectivity index (χ0n) is 10.4. The first-order chi connectivity index (χ1) is 8.49. The standard InChI is InChI=1S/C12H18N4O2/c1-7(17)8-2-4-9(5-3-8)16-6-10(13)11(15-16)12(14)18/h6,8-9H,2-5,13H2,1H3,(H2,14,18)/t8-,9-. The van der Waals surface area contributed by atoms with Crippen molar-refractivity contribution in [3.8, 4) is 0 Å². The molecule has 0 atom stereocenters. The van der Waals surface area contributed by atoms with E-state index in [0.29, 0.717) is 5.69 Å². The van der Waals surface area contributed by atoms with E-state index in [1.54, 1.807) is 17.8 Å². The largest absolute Gasteiger partial charge is 0.396 e. The molecule has 0 radical (unpaired) electrons. The molecule has 1 aromatic heterocycles. The summed E-state index contributed by atoms with van der Waals surface area (Å²) in [4.78, 5) is 22.4. The van der Waals surface area contributed by atoms with Crippen LogP contribution in [0.1, 0.15) is 49.1 Å². The Bertz CT molecular complexity index is 472. The predicted molar refractivity (Wildman–Crippen MR) is 66.8 cm³/mol.